The Kier molecular flexibility index (Phi) is 8.50. The van der Waals surface area contributed by atoms with Crippen molar-refractivity contribution in [3.63, 3.8) is 0 Å². The van der Waals surface area contributed by atoms with E-state index in [4.69, 9.17) is 0 Å². The van der Waals surface area contributed by atoms with E-state index in [0.29, 0.717) is 0 Å². The first-order valence-corrected chi connectivity index (χ1v) is 6.02. The minimum atomic E-state index is 0.907. The second kappa shape index (κ2) is 8.26. The summed E-state index contributed by atoms with van der Waals surface area (Å²) < 4.78 is 0. The molecule has 0 aromatic rings. The molecule has 0 amide bonds. The fourth-order valence-electron chi connectivity index (χ4n) is 0.515. The summed E-state index contributed by atoms with van der Waals surface area (Å²) in [6, 6.07) is 0. The Balaban J connectivity index is 2.66. The van der Waals surface area contributed by atoms with Crippen LogP contribution in [0.5, 0.6) is 0 Å². The molecule has 0 bridgehead atoms. The van der Waals surface area contributed by atoms with Gasteiger partial charge in [0.05, 0.1) is 0 Å². The van der Waals surface area contributed by atoms with E-state index in [-0.39, 0.29) is 0 Å². The summed E-state index contributed by atoms with van der Waals surface area (Å²) in [6.07, 6.45) is 6.03. The molecule has 0 atom stereocenters. The van der Waals surface area contributed by atoms with Crippen LogP contribution in [0.25, 0.3) is 0 Å². The molecule has 0 radical (unpaired) electrons. The normalized spacial score (nSPS) is 9.44. The van der Waals surface area contributed by atoms with Crippen LogP contribution in [-0.2, 0) is 0 Å². The van der Waals surface area contributed by atoms with E-state index >= 15 is 0 Å². The van der Waals surface area contributed by atoms with Crippen LogP contribution in [0.4, 0.5) is 0 Å². The summed E-state index contributed by atoms with van der Waals surface area (Å²) in [5.41, 5.74) is 0. The number of hydrogen-bond acceptors (Lipinski definition) is 0. The third-order valence-corrected chi connectivity index (χ3v) is 3.42. The van der Waals surface area contributed by atoms with Crippen molar-refractivity contribution in [1.82, 2.24) is 0 Å². The zero-order valence-electron chi connectivity index (χ0n) is 6.23. The van der Waals surface area contributed by atoms with Gasteiger partial charge in [0.2, 0.25) is 0 Å². The van der Waals surface area contributed by atoms with Gasteiger partial charge in [-0.2, -0.15) is 0 Å². The van der Waals surface area contributed by atoms with E-state index in [1.807, 2.05) is 6.08 Å². The molecule has 0 aromatic heterocycles. The van der Waals surface area contributed by atoms with Crippen LogP contribution in [0.15, 0.2) is 12.7 Å². The molecule has 0 aliphatic carbocycles. The fraction of sp³-hybridized carbons (Fsp3) is 0.750. The Hall–Kier alpha value is 0.259. The molecule has 0 fully saturated rings. The van der Waals surface area contributed by atoms with E-state index in [2.05, 4.69) is 13.5 Å². The molecule has 0 heterocycles. The Labute approximate surface area is 64.9 Å². The summed E-state index contributed by atoms with van der Waals surface area (Å²) in [5.74, 6) is 0. The fourth-order valence-corrected chi connectivity index (χ4v) is 2.68. The monoisotopic (exact) mass is 192 g/mol. The molecular weight excluding hydrogens is 175 g/mol. The molecule has 0 N–H and O–H groups in total. The molecule has 0 nitrogen and oxygen atoms in total. The van der Waals surface area contributed by atoms with Crippen molar-refractivity contribution in [1.29, 1.82) is 0 Å². The van der Waals surface area contributed by atoms with Crippen molar-refractivity contribution in [3.8, 4) is 0 Å². The van der Waals surface area contributed by atoms with Gasteiger partial charge in [-0.05, 0) is 0 Å². The van der Waals surface area contributed by atoms with Crippen LogP contribution in [-0.4, -0.2) is 15.0 Å². The van der Waals surface area contributed by atoms with E-state index in [0.717, 1.165) is 15.0 Å². The zero-order valence-corrected chi connectivity index (χ0v) is 7.94. The van der Waals surface area contributed by atoms with Crippen molar-refractivity contribution in [2.45, 2.75) is 36.8 Å². The topological polar surface area (TPSA) is 0 Å². The predicted octanol–water partition coefficient (Wildman–Crippen LogP) is 2.90. The molecule has 54 valence electrons. The number of rotatable bonds is 6. The van der Waals surface area contributed by atoms with E-state index < -0.39 is 0 Å². The van der Waals surface area contributed by atoms with Crippen molar-refractivity contribution in [2.75, 3.05) is 0 Å². The molecule has 0 spiro atoms. The van der Waals surface area contributed by atoms with Crippen molar-refractivity contribution in [2.24, 2.45) is 0 Å². The molecule has 0 aromatic carbocycles. The predicted molar refractivity (Wildman–Crippen MR) is 45.1 cm³/mol. The van der Waals surface area contributed by atoms with Crippen molar-refractivity contribution >= 4 is 15.0 Å². The number of unbranched alkanes of at least 4 members (excludes halogenated alkanes) is 1. The van der Waals surface area contributed by atoms with Gasteiger partial charge in [0, 0.05) is 0 Å². The molecule has 1 heteroatoms. The molecular formula is C8H16Se. The Morgan fingerprint density at radius 3 is 2.78 bits per heavy atom. The van der Waals surface area contributed by atoms with Gasteiger partial charge in [-0.15, -0.1) is 0 Å². The molecule has 0 aliphatic heterocycles. The van der Waals surface area contributed by atoms with Crippen LogP contribution >= 0.6 is 0 Å². The summed E-state index contributed by atoms with van der Waals surface area (Å²) in [5, 5.41) is 2.87. The van der Waals surface area contributed by atoms with E-state index in [9.17, 15) is 0 Å². The molecule has 0 unspecified atom stereocenters. The average Bonchev–Trinajstić information content (AvgIpc) is 1.89. The summed E-state index contributed by atoms with van der Waals surface area (Å²) >= 11 is 0.907. The van der Waals surface area contributed by atoms with E-state index in [1.165, 1.54) is 29.9 Å². The van der Waals surface area contributed by atoms with Gasteiger partial charge < -0.3 is 0 Å². The molecule has 9 heavy (non-hydrogen) atoms. The first kappa shape index (κ1) is 9.26. The Morgan fingerprint density at radius 1 is 1.44 bits per heavy atom. The van der Waals surface area contributed by atoms with E-state index in [1.54, 1.807) is 0 Å². The Morgan fingerprint density at radius 2 is 2.22 bits per heavy atom. The van der Waals surface area contributed by atoms with Crippen LogP contribution in [0.3, 0.4) is 0 Å². The van der Waals surface area contributed by atoms with Crippen LogP contribution in [0.2, 0.25) is 10.6 Å². The maximum absolute atomic E-state index is 3.69. The van der Waals surface area contributed by atoms with Gasteiger partial charge in [-0.25, -0.2) is 0 Å². The van der Waals surface area contributed by atoms with Crippen LogP contribution in [0, 0.1) is 0 Å². The van der Waals surface area contributed by atoms with Crippen LogP contribution in [0.1, 0.15) is 26.2 Å². The standard InChI is InChI=1S/C8H16Se/c1-3-5-7-9-8-6-4-2/h3H,1,4-8H2,2H3. The van der Waals surface area contributed by atoms with Gasteiger partial charge in [0.25, 0.3) is 0 Å². The molecule has 0 saturated carbocycles. The van der Waals surface area contributed by atoms with Crippen molar-refractivity contribution in [3.05, 3.63) is 12.7 Å². The zero-order chi connectivity index (χ0) is 6.95. The Bertz CT molecular complexity index is 59.6. The van der Waals surface area contributed by atoms with Gasteiger partial charge in [-0.3, -0.25) is 0 Å². The third kappa shape index (κ3) is 8.26. The number of hydrogen-bond donors (Lipinski definition) is 0. The second-order valence-corrected chi connectivity index (χ2v) is 4.61. The van der Waals surface area contributed by atoms with Gasteiger partial charge in [-0.1, -0.05) is 0 Å². The van der Waals surface area contributed by atoms with Gasteiger partial charge in [0.1, 0.15) is 0 Å². The second-order valence-electron chi connectivity index (χ2n) is 2.04. The minimum absolute atomic E-state index is 0.907. The quantitative estimate of drug-likeness (QED) is 0.344. The maximum atomic E-state index is 3.69. The summed E-state index contributed by atoms with van der Waals surface area (Å²) in [4.78, 5) is 0. The first-order chi connectivity index (χ1) is 4.41. The van der Waals surface area contributed by atoms with Gasteiger partial charge >= 0.3 is 64.4 Å². The first-order valence-electron chi connectivity index (χ1n) is 3.60. The molecule has 0 rings (SSSR count). The third-order valence-electron chi connectivity index (χ3n) is 1.11. The summed E-state index contributed by atoms with van der Waals surface area (Å²) in [6.45, 7) is 5.94. The summed E-state index contributed by atoms with van der Waals surface area (Å²) in [7, 11) is 0. The average molecular weight is 191 g/mol. The molecule has 0 saturated heterocycles. The molecule has 0 aliphatic rings. The SMILES string of the molecule is C=CCC[Se]CCCC. The van der Waals surface area contributed by atoms with Crippen LogP contribution < -0.4 is 0 Å². The van der Waals surface area contributed by atoms with Gasteiger partial charge in [0.15, 0.2) is 0 Å². The number of allylic oxidation sites excluding steroid dienone is 1. The van der Waals surface area contributed by atoms with Crippen molar-refractivity contribution < 1.29 is 0 Å².